The van der Waals surface area contributed by atoms with Gasteiger partial charge in [-0.15, -0.1) is 0 Å². The van der Waals surface area contributed by atoms with Gasteiger partial charge in [0.15, 0.2) is 0 Å². The number of carbonyl (C=O) groups excluding carboxylic acids is 1. The number of benzene rings is 2. The van der Waals surface area contributed by atoms with E-state index in [9.17, 15) is 20.0 Å². The summed E-state index contributed by atoms with van der Waals surface area (Å²) in [6.07, 6.45) is 0. The summed E-state index contributed by atoms with van der Waals surface area (Å²) in [5, 5.41) is 23.4. The van der Waals surface area contributed by atoms with Crippen LogP contribution in [0.5, 0.6) is 5.75 Å². The summed E-state index contributed by atoms with van der Waals surface area (Å²) in [6.45, 7) is 5.71. The fourth-order valence-electron chi connectivity index (χ4n) is 2.14. The molecule has 0 aliphatic heterocycles. The number of anilines is 1. The summed E-state index contributed by atoms with van der Waals surface area (Å²) < 4.78 is 0. The van der Waals surface area contributed by atoms with Crippen LogP contribution in [0.1, 0.15) is 41.3 Å². The molecule has 2 aromatic rings. The van der Waals surface area contributed by atoms with Crippen LogP contribution >= 0.6 is 0 Å². The Labute approximate surface area is 133 Å². The van der Waals surface area contributed by atoms with E-state index in [-0.39, 0.29) is 22.9 Å². The lowest BCUT2D eigenvalue weighted by Crippen LogP contribution is -2.13. The molecule has 1 amide bonds. The van der Waals surface area contributed by atoms with E-state index in [1.54, 1.807) is 25.1 Å². The molecule has 0 atom stereocenters. The maximum Gasteiger partial charge on any atom is 0.271 e. The van der Waals surface area contributed by atoms with E-state index in [1.165, 1.54) is 18.2 Å². The Morgan fingerprint density at radius 2 is 1.91 bits per heavy atom. The zero-order valence-electron chi connectivity index (χ0n) is 13.2. The Kier molecular flexibility index (Phi) is 4.64. The first-order valence-corrected chi connectivity index (χ1v) is 7.19. The van der Waals surface area contributed by atoms with Crippen LogP contribution in [0.25, 0.3) is 0 Å². The number of hydrogen-bond acceptors (Lipinski definition) is 4. The highest BCUT2D eigenvalue weighted by Crippen LogP contribution is 2.26. The molecule has 0 aliphatic carbocycles. The van der Waals surface area contributed by atoms with Crippen LogP contribution in [0.3, 0.4) is 0 Å². The topological polar surface area (TPSA) is 92.5 Å². The number of nitrogens with one attached hydrogen (secondary N) is 1. The number of nitro benzene ring substituents is 1. The van der Waals surface area contributed by atoms with Crippen molar-refractivity contribution >= 4 is 17.3 Å². The van der Waals surface area contributed by atoms with Crippen molar-refractivity contribution in [3.8, 4) is 5.75 Å². The van der Waals surface area contributed by atoms with Gasteiger partial charge in [-0.1, -0.05) is 26.0 Å². The van der Waals surface area contributed by atoms with Gasteiger partial charge in [0, 0.05) is 12.1 Å². The number of phenols is 1. The normalized spacial score (nSPS) is 10.6. The van der Waals surface area contributed by atoms with E-state index >= 15 is 0 Å². The SMILES string of the molecule is Cc1ccc([N+](=O)[O-])cc1NC(=O)c1cc(C(C)C)ccc1O. The van der Waals surface area contributed by atoms with Crippen LogP contribution in [0, 0.1) is 17.0 Å². The second kappa shape index (κ2) is 6.48. The number of nitro groups is 1. The molecule has 0 unspecified atom stereocenters. The average Bonchev–Trinajstić information content (AvgIpc) is 2.49. The lowest BCUT2D eigenvalue weighted by Gasteiger charge is -2.12. The molecule has 0 bridgehead atoms. The fraction of sp³-hybridized carbons (Fsp3) is 0.235. The molecule has 6 heteroatoms. The summed E-state index contributed by atoms with van der Waals surface area (Å²) in [4.78, 5) is 22.7. The highest BCUT2D eigenvalue weighted by atomic mass is 16.6. The van der Waals surface area contributed by atoms with Gasteiger partial charge in [0.2, 0.25) is 0 Å². The lowest BCUT2D eigenvalue weighted by molar-refractivity contribution is -0.384. The summed E-state index contributed by atoms with van der Waals surface area (Å²) in [5.74, 6) is -0.426. The molecule has 6 nitrogen and oxygen atoms in total. The van der Waals surface area contributed by atoms with Crippen molar-refractivity contribution in [1.29, 1.82) is 0 Å². The highest BCUT2D eigenvalue weighted by molar-refractivity contribution is 6.06. The van der Waals surface area contributed by atoms with Crippen LogP contribution in [0.15, 0.2) is 36.4 Å². The van der Waals surface area contributed by atoms with Gasteiger partial charge in [0.05, 0.1) is 16.2 Å². The van der Waals surface area contributed by atoms with Crippen molar-refractivity contribution in [2.45, 2.75) is 26.7 Å². The number of amides is 1. The lowest BCUT2D eigenvalue weighted by atomic mass is 10.00. The number of carbonyl (C=O) groups is 1. The van der Waals surface area contributed by atoms with Gasteiger partial charge >= 0.3 is 0 Å². The molecule has 0 heterocycles. The van der Waals surface area contributed by atoms with Gasteiger partial charge in [0.25, 0.3) is 11.6 Å². The molecule has 0 saturated carbocycles. The number of aromatic hydroxyl groups is 1. The number of phenolic OH excluding ortho intramolecular Hbond substituents is 1. The van der Waals surface area contributed by atoms with E-state index in [4.69, 9.17) is 0 Å². The number of nitrogens with zero attached hydrogens (tertiary/aromatic N) is 1. The maximum absolute atomic E-state index is 12.4. The minimum absolute atomic E-state index is 0.106. The Balaban J connectivity index is 2.34. The zero-order valence-corrected chi connectivity index (χ0v) is 13.2. The van der Waals surface area contributed by atoms with E-state index < -0.39 is 10.8 Å². The van der Waals surface area contributed by atoms with Crippen molar-refractivity contribution in [3.63, 3.8) is 0 Å². The Hall–Kier alpha value is -2.89. The molecule has 0 radical (unpaired) electrons. The maximum atomic E-state index is 12.4. The van der Waals surface area contributed by atoms with Crippen LogP contribution in [0.4, 0.5) is 11.4 Å². The van der Waals surface area contributed by atoms with Crippen molar-refractivity contribution in [2.75, 3.05) is 5.32 Å². The molecule has 0 aromatic heterocycles. The van der Waals surface area contributed by atoms with Crippen LogP contribution in [-0.4, -0.2) is 15.9 Å². The van der Waals surface area contributed by atoms with Gasteiger partial charge in [-0.05, 0) is 36.1 Å². The van der Waals surface area contributed by atoms with Crippen molar-refractivity contribution in [1.82, 2.24) is 0 Å². The second-order valence-electron chi connectivity index (χ2n) is 5.64. The summed E-state index contributed by atoms with van der Waals surface area (Å²) >= 11 is 0. The quantitative estimate of drug-likeness (QED) is 0.659. The van der Waals surface area contributed by atoms with Gasteiger partial charge in [-0.25, -0.2) is 0 Å². The minimum atomic E-state index is -0.522. The predicted octanol–water partition coefficient (Wildman–Crippen LogP) is 3.98. The first kappa shape index (κ1) is 16.5. The summed E-state index contributed by atoms with van der Waals surface area (Å²) in [7, 11) is 0. The zero-order chi connectivity index (χ0) is 17.1. The monoisotopic (exact) mass is 314 g/mol. The van der Waals surface area contributed by atoms with Gasteiger partial charge in [0.1, 0.15) is 5.75 Å². The molecular formula is C17H18N2O4. The summed E-state index contributed by atoms with van der Waals surface area (Å²) in [6, 6.07) is 9.11. The average molecular weight is 314 g/mol. The third-order valence-corrected chi connectivity index (χ3v) is 3.61. The third-order valence-electron chi connectivity index (χ3n) is 3.61. The predicted molar refractivity (Wildman–Crippen MR) is 88.0 cm³/mol. The van der Waals surface area contributed by atoms with E-state index in [0.29, 0.717) is 11.3 Å². The Morgan fingerprint density at radius 1 is 1.22 bits per heavy atom. The standard InChI is InChI=1S/C17H18N2O4/c1-10(2)12-5-7-16(20)14(8-12)17(21)18-15-9-13(19(22)23)6-4-11(15)3/h4-10,20H,1-3H3,(H,18,21). The van der Waals surface area contributed by atoms with Crippen molar-refractivity contribution in [2.24, 2.45) is 0 Å². The fourth-order valence-corrected chi connectivity index (χ4v) is 2.14. The first-order chi connectivity index (χ1) is 10.8. The molecule has 23 heavy (non-hydrogen) atoms. The van der Waals surface area contributed by atoms with Gasteiger partial charge in [-0.3, -0.25) is 14.9 Å². The molecule has 2 rings (SSSR count). The molecular weight excluding hydrogens is 296 g/mol. The van der Waals surface area contributed by atoms with Crippen LogP contribution < -0.4 is 5.32 Å². The molecule has 2 aromatic carbocycles. The Bertz CT molecular complexity index is 769. The Morgan fingerprint density at radius 3 is 2.52 bits per heavy atom. The van der Waals surface area contributed by atoms with Crippen molar-refractivity contribution < 1.29 is 14.8 Å². The molecule has 2 N–H and O–H groups in total. The molecule has 0 spiro atoms. The van der Waals surface area contributed by atoms with Crippen LogP contribution in [-0.2, 0) is 0 Å². The smallest absolute Gasteiger partial charge is 0.271 e. The molecule has 0 saturated heterocycles. The number of hydrogen-bond donors (Lipinski definition) is 2. The van der Waals surface area contributed by atoms with Crippen LogP contribution in [0.2, 0.25) is 0 Å². The molecule has 120 valence electrons. The van der Waals surface area contributed by atoms with E-state index in [1.807, 2.05) is 13.8 Å². The van der Waals surface area contributed by atoms with Gasteiger partial charge in [-0.2, -0.15) is 0 Å². The first-order valence-electron chi connectivity index (χ1n) is 7.19. The molecule has 0 aliphatic rings. The number of non-ortho nitro benzene ring substituents is 1. The largest absolute Gasteiger partial charge is 0.507 e. The van der Waals surface area contributed by atoms with E-state index in [2.05, 4.69) is 5.32 Å². The van der Waals surface area contributed by atoms with Gasteiger partial charge < -0.3 is 10.4 Å². The molecule has 0 fully saturated rings. The number of aryl methyl sites for hydroxylation is 1. The van der Waals surface area contributed by atoms with Crippen molar-refractivity contribution in [3.05, 3.63) is 63.2 Å². The highest BCUT2D eigenvalue weighted by Gasteiger charge is 2.16. The third kappa shape index (κ3) is 3.66. The second-order valence-corrected chi connectivity index (χ2v) is 5.64. The van der Waals surface area contributed by atoms with E-state index in [0.717, 1.165) is 5.56 Å². The summed E-state index contributed by atoms with van der Waals surface area (Å²) in [5.41, 5.74) is 2.00. The minimum Gasteiger partial charge on any atom is -0.507 e. The number of rotatable bonds is 4.